The lowest BCUT2D eigenvalue weighted by molar-refractivity contribution is 0.166. The van der Waals surface area contributed by atoms with Crippen LogP contribution in [0.1, 0.15) is 43.9 Å². The molecule has 1 aliphatic rings. The Labute approximate surface area is 90.9 Å². The van der Waals surface area contributed by atoms with Gasteiger partial charge in [-0.15, -0.1) is 0 Å². The van der Waals surface area contributed by atoms with Gasteiger partial charge in [0, 0.05) is 6.42 Å². The predicted octanol–water partition coefficient (Wildman–Crippen LogP) is 2.84. The molecular weight excluding hydrogens is 188 g/mol. The fourth-order valence-corrected chi connectivity index (χ4v) is 2.09. The molecule has 2 rings (SSSR count). The highest BCUT2D eigenvalue weighted by molar-refractivity contribution is 5.41. The Bertz CT molecular complexity index is 346. The van der Waals surface area contributed by atoms with Crippen LogP contribution in [0.2, 0.25) is 0 Å². The van der Waals surface area contributed by atoms with E-state index in [0.29, 0.717) is 0 Å². The number of benzene rings is 1. The van der Waals surface area contributed by atoms with Crippen LogP contribution in [0.25, 0.3) is 0 Å². The molecule has 2 atom stereocenters. The summed E-state index contributed by atoms with van der Waals surface area (Å²) in [7, 11) is 0. The van der Waals surface area contributed by atoms with E-state index in [4.69, 9.17) is 4.74 Å². The molecule has 0 spiro atoms. The van der Waals surface area contributed by atoms with Gasteiger partial charge in [-0.25, -0.2) is 0 Å². The molecule has 1 heterocycles. The minimum atomic E-state index is -0.323. The van der Waals surface area contributed by atoms with E-state index in [1.807, 2.05) is 12.1 Å². The first-order valence-corrected chi connectivity index (χ1v) is 5.68. The minimum absolute atomic E-state index is 0.276. The Morgan fingerprint density at radius 2 is 2.33 bits per heavy atom. The first kappa shape index (κ1) is 10.5. The lowest BCUT2D eigenvalue weighted by Crippen LogP contribution is -2.05. The summed E-state index contributed by atoms with van der Waals surface area (Å²) >= 11 is 0. The summed E-state index contributed by atoms with van der Waals surface area (Å²) in [5.41, 5.74) is 2.25. The average Bonchev–Trinajstić information content (AvgIpc) is 2.57. The van der Waals surface area contributed by atoms with Gasteiger partial charge in [0.2, 0.25) is 0 Å². The molecule has 0 radical (unpaired) electrons. The molecular formula is C13H18O2. The van der Waals surface area contributed by atoms with E-state index in [0.717, 1.165) is 30.6 Å². The third-order valence-corrected chi connectivity index (χ3v) is 2.87. The van der Waals surface area contributed by atoms with Crippen molar-refractivity contribution in [3.63, 3.8) is 0 Å². The average molecular weight is 206 g/mol. The molecule has 0 amide bonds. The number of hydrogen-bond donors (Lipinski definition) is 1. The fourth-order valence-electron chi connectivity index (χ4n) is 2.09. The smallest absolute Gasteiger partial charge is 0.123 e. The first-order valence-electron chi connectivity index (χ1n) is 5.68. The third-order valence-electron chi connectivity index (χ3n) is 2.87. The lowest BCUT2D eigenvalue weighted by Gasteiger charge is -2.10. The normalized spacial score (nSPS) is 20.9. The van der Waals surface area contributed by atoms with Gasteiger partial charge >= 0.3 is 0 Å². The second kappa shape index (κ2) is 4.23. The lowest BCUT2D eigenvalue weighted by atomic mass is 10.0. The van der Waals surface area contributed by atoms with Gasteiger partial charge in [-0.05, 0) is 36.6 Å². The van der Waals surface area contributed by atoms with Crippen LogP contribution in [0, 0.1) is 0 Å². The van der Waals surface area contributed by atoms with Crippen molar-refractivity contribution in [2.24, 2.45) is 0 Å². The molecule has 0 bridgehead atoms. The standard InChI is InChI=1S/C13H18O2/c1-3-4-12(14)10-5-6-13-11(8-10)7-9(2)15-13/h5-6,8-9,12,14H,3-4,7H2,1-2H3. The highest BCUT2D eigenvalue weighted by atomic mass is 16.5. The van der Waals surface area contributed by atoms with Crippen LogP contribution in [-0.4, -0.2) is 11.2 Å². The highest BCUT2D eigenvalue weighted by Gasteiger charge is 2.20. The second-order valence-corrected chi connectivity index (χ2v) is 4.30. The Morgan fingerprint density at radius 3 is 3.07 bits per heavy atom. The van der Waals surface area contributed by atoms with Crippen LogP contribution < -0.4 is 4.74 Å². The van der Waals surface area contributed by atoms with Crippen molar-refractivity contribution in [2.75, 3.05) is 0 Å². The van der Waals surface area contributed by atoms with E-state index in [9.17, 15) is 5.11 Å². The van der Waals surface area contributed by atoms with Crippen molar-refractivity contribution in [3.05, 3.63) is 29.3 Å². The first-order chi connectivity index (χ1) is 7.20. The summed E-state index contributed by atoms with van der Waals surface area (Å²) < 4.78 is 5.62. The van der Waals surface area contributed by atoms with Gasteiger partial charge in [-0.3, -0.25) is 0 Å². The molecule has 0 fully saturated rings. The molecule has 1 N–H and O–H groups in total. The zero-order chi connectivity index (χ0) is 10.8. The summed E-state index contributed by atoms with van der Waals surface area (Å²) in [6.07, 6.45) is 2.75. The van der Waals surface area contributed by atoms with E-state index in [1.165, 1.54) is 5.56 Å². The number of aliphatic hydroxyl groups excluding tert-OH is 1. The fraction of sp³-hybridized carbons (Fsp3) is 0.538. The van der Waals surface area contributed by atoms with E-state index in [-0.39, 0.29) is 12.2 Å². The predicted molar refractivity (Wildman–Crippen MR) is 60.1 cm³/mol. The van der Waals surface area contributed by atoms with Gasteiger partial charge < -0.3 is 9.84 Å². The van der Waals surface area contributed by atoms with Crippen molar-refractivity contribution in [1.82, 2.24) is 0 Å². The van der Waals surface area contributed by atoms with Crippen LogP contribution in [0.4, 0.5) is 0 Å². The van der Waals surface area contributed by atoms with Crippen LogP contribution in [-0.2, 0) is 6.42 Å². The van der Waals surface area contributed by atoms with Crippen LogP contribution in [0.15, 0.2) is 18.2 Å². The summed E-state index contributed by atoms with van der Waals surface area (Å²) in [6, 6.07) is 6.03. The molecule has 1 aromatic carbocycles. The van der Waals surface area contributed by atoms with Gasteiger partial charge in [0.15, 0.2) is 0 Å². The molecule has 0 aliphatic carbocycles. The third kappa shape index (κ3) is 2.15. The Balaban J connectivity index is 2.19. The Hall–Kier alpha value is -1.02. The maximum atomic E-state index is 9.88. The minimum Gasteiger partial charge on any atom is -0.490 e. The summed E-state index contributed by atoms with van der Waals surface area (Å²) in [4.78, 5) is 0. The number of rotatable bonds is 3. The quantitative estimate of drug-likeness (QED) is 0.824. The molecule has 15 heavy (non-hydrogen) atoms. The number of hydrogen-bond acceptors (Lipinski definition) is 2. The number of fused-ring (bicyclic) bond motifs is 1. The molecule has 2 nitrogen and oxygen atoms in total. The van der Waals surface area contributed by atoms with Crippen LogP contribution >= 0.6 is 0 Å². The second-order valence-electron chi connectivity index (χ2n) is 4.30. The van der Waals surface area contributed by atoms with E-state index < -0.39 is 0 Å². The van der Waals surface area contributed by atoms with E-state index in [1.54, 1.807) is 0 Å². The van der Waals surface area contributed by atoms with Gasteiger partial charge in [0.1, 0.15) is 11.9 Å². The molecule has 0 aromatic heterocycles. The van der Waals surface area contributed by atoms with E-state index in [2.05, 4.69) is 19.9 Å². The topological polar surface area (TPSA) is 29.5 Å². The Morgan fingerprint density at radius 1 is 1.53 bits per heavy atom. The van der Waals surface area contributed by atoms with Crippen molar-refractivity contribution in [3.8, 4) is 5.75 Å². The van der Waals surface area contributed by atoms with Crippen LogP contribution in [0.5, 0.6) is 5.75 Å². The maximum Gasteiger partial charge on any atom is 0.123 e. The van der Waals surface area contributed by atoms with Gasteiger partial charge in [0.05, 0.1) is 6.10 Å². The summed E-state index contributed by atoms with van der Waals surface area (Å²) in [5.74, 6) is 0.981. The summed E-state index contributed by atoms with van der Waals surface area (Å²) in [5, 5.41) is 9.88. The van der Waals surface area contributed by atoms with Crippen molar-refractivity contribution in [2.45, 2.75) is 45.3 Å². The molecule has 1 aliphatic heterocycles. The van der Waals surface area contributed by atoms with Gasteiger partial charge in [-0.1, -0.05) is 19.4 Å². The maximum absolute atomic E-state index is 9.88. The zero-order valence-corrected chi connectivity index (χ0v) is 9.36. The highest BCUT2D eigenvalue weighted by Crippen LogP contribution is 2.31. The number of aliphatic hydroxyl groups is 1. The monoisotopic (exact) mass is 206 g/mol. The van der Waals surface area contributed by atoms with E-state index >= 15 is 0 Å². The molecule has 2 unspecified atom stereocenters. The SMILES string of the molecule is CCCC(O)c1ccc2c(c1)CC(C)O2. The summed E-state index contributed by atoms with van der Waals surface area (Å²) in [6.45, 7) is 4.16. The van der Waals surface area contributed by atoms with Crippen molar-refractivity contribution in [1.29, 1.82) is 0 Å². The molecule has 2 heteroatoms. The van der Waals surface area contributed by atoms with Crippen molar-refractivity contribution >= 4 is 0 Å². The largest absolute Gasteiger partial charge is 0.490 e. The van der Waals surface area contributed by atoms with Crippen molar-refractivity contribution < 1.29 is 9.84 Å². The Kier molecular flexibility index (Phi) is 2.96. The molecule has 0 saturated carbocycles. The molecule has 0 saturated heterocycles. The van der Waals surface area contributed by atoms with Crippen LogP contribution in [0.3, 0.4) is 0 Å². The van der Waals surface area contributed by atoms with Gasteiger partial charge in [-0.2, -0.15) is 0 Å². The van der Waals surface area contributed by atoms with Gasteiger partial charge in [0.25, 0.3) is 0 Å². The number of ether oxygens (including phenoxy) is 1. The molecule has 1 aromatic rings. The molecule has 82 valence electrons. The zero-order valence-electron chi connectivity index (χ0n) is 9.36.